The Hall–Kier alpha value is -1.29. The van der Waals surface area contributed by atoms with E-state index in [4.69, 9.17) is 0 Å². The highest BCUT2D eigenvalue weighted by molar-refractivity contribution is 5.96. The lowest BCUT2D eigenvalue weighted by Crippen LogP contribution is -2.44. The summed E-state index contributed by atoms with van der Waals surface area (Å²) in [7, 11) is 0. The van der Waals surface area contributed by atoms with Gasteiger partial charge in [0, 0.05) is 30.1 Å². The standard InChI is InChI=1S/C17H28N2O2/c1-11-10-14(12(2)19(11)13-6-7-13)16(21)18-15(8-9-20)17(3,4)5/h10,13,15,20H,6-9H2,1-5H3,(H,18,21). The van der Waals surface area contributed by atoms with Gasteiger partial charge in [0.25, 0.3) is 5.91 Å². The van der Waals surface area contributed by atoms with E-state index in [2.05, 4.69) is 37.6 Å². The van der Waals surface area contributed by atoms with Crippen molar-refractivity contribution < 1.29 is 9.90 Å². The predicted octanol–water partition coefficient (Wildman–Crippen LogP) is 2.97. The van der Waals surface area contributed by atoms with Crippen LogP contribution in [0.2, 0.25) is 0 Å². The zero-order chi connectivity index (χ0) is 15.8. The van der Waals surface area contributed by atoms with Crippen LogP contribution in [0.1, 0.15) is 67.8 Å². The lowest BCUT2D eigenvalue weighted by atomic mass is 9.84. The Kier molecular flexibility index (Phi) is 4.47. The van der Waals surface area contributed by atoms with E-state index in [1.165, 1.54) is 12.8 Å². The van der Waals surface area contributed by atoms with E-state index in [0.29, 0.717) is 12.5 Å². The van der Waals surface area contributed by atoms with Crippen molar-refractivity contribution in [3.05, 3.63) is 23.0 Å². The molecule has 0 aliphatic heterocycles. The number of carbonyl (C=O) groups is 1. The molecule has 21 heavy (non-hydrogen) atoms. The van der Waals surface area contributed by atoms with Gasteiger partial charge in [0.05, 0.1) is 5.56 Å². The number of aromatic nitrogens is 1. The number of aliphatic hydroxyl groups excluding tert-OH is 1. The summed E-state index contributed by atoms with van der Waals surface area (Å²) in [6.07, 6.45) is 3.01. The first kappa shape index (κ1) is 16.1. The second-order valence-corrected chi connectivity index (χ2v) is 7.29. The molecule has 1 amide bonds. The smallest absolute Gasteiger partial charge is 0.253 e. The maximum absolute atomic E-state index is 12.6. The molecule has 0 spiro atoms. The Bertz CT molecular complexity index is 522. The summed E-state index contributed by atoms with van der Waals surface area (Å²) in [6.45, 7) is 10.4. The second kappa shape index (κ2) is 5.84. The minimum atomic E-state index is -0.0691. The van der Waals surface area contributed by atoms with E-state index in [1.54, 1.807) is 0 Å². The number of aryl methyl sites for hydroxylation is 1. The normalized spacial score (nSPS) is 16.9. The molecule has 1 unspecified atom stereocenters. The number of amides is 1. The number of aliphatic hydroxyl groups is 1. The molecule has 0 aromatic carbocycles. The molecule has 4 nitrogen and oxygen atoms in total. The minimum Gasteiger partial charge on any atom is -0.396 e. The van der Waals surface area contributed by atoms with Crippen LogP contribution >= 0.6 is 0 Å². The highest BCUT2D eigenvalue weighted by Gasteiger charge is 2.30. The molecule has 1 aliphatic carbocycles. The number of nitrogens with one attached hydrogen (secondary N) is 1. The molecule has 1 saturated carbocycles. The van der Waals surface area contributed by atoms with E-state index in [9.17, 15) is 9.90 Å². The van der Waals surface area contributed by atoms with Gasteiger partial charge >= 0.3 is 0 Å². The van der Waals surface area contributed by atoms with E-state index >= 15 is 0 Å². The van der Waals surface area contributed by atoms with Crippen LogP contribution in [0.15, 0.2) is 6.07 Å². The lowest BCUT2D eigenvalue weighted by Gasteiger charge is -2.31. The van der Waals surface area contributed by atoms with Gasteiger partial charge in [-0.05, 0) is 44.6 Å². The first-order valence-corrected chi connectivity index (χ1v) is 7.86. The van der Waals surface area contributed by atoms with Crippen molar-refractivity contribution >= 4 is 5.91 Å². The van der Waals surface area contributed by atoms with Gasteiger partial charge in [-0.1, -0.05) is 20.8 Å². The summed E-state index contributed by atoms with van der Waals surface area (Å²) >= 11 is 0. The highest BCUT2D eigenvalue weighted by atomic mass is 16.3. The Morgan fingerprint density at radius 2 is 2.05 bits per heavy atom. The molecule has 0 saturated heterocycles. The maximum Gasteiger partial charge on any atom is 0.253 e. The fourth-order valence-corrected chi connectivity index (χ4v) is 2.99. The van der Waals surface area contributed by atoms with Crippen molar-refractivity contribution in [2.75, 3.05) is 6.61 Å². The van der Waals surface area contributed by atoms with E-state index in [-0.39, 0.29) is 24.0 Å². The van der Waals surface area contributed by atoms with Crippen molar-refractivity contribution in [3.8, 4) is 0 Å². The minimum absolute atomic E-state index is 0.0247. The average molecular weight is 292 g/mol. The third-order valence-electron chi connectivity index (χ3n) is 4.41. The van der Waals surface area contributed by atoms with E-state index in [1.807, 2.05) is 13.0 Å². The van der Waals surface area contributed by atoms with Crippen molar-refractivity contribution in [2.24, 2.45) is 5.41 Å². The maximum atomic E-state index is 12.6. The molecule has 1 atom stereocenters. The van der Waals surface area contributed by atoms with Gasteiger partial charge in [-0.25, -0.2) is 0 Å². The Balaban J connectivity index is 2.18. The Labute approximate surface area is 127 Å². The molecule has 1 fully saturated rings. The number of rotatable bonds is 5. The quantitative estimate of drug-likeness (QED) is 0.876. The molecule has 2 rings (SSSR count). The number of nitrogens with zero attached hydrogens (tertiary/aromatic N) is 1. The van der Waals surface area contributed by atoms with Crippen LogP contribution in [0, 0.1) is 19.3 Å². The molecule has 0 bridgehead atoms. The van der Waals surface area contributed by atoms with Crippen LogP contribution in [0.3, 0.4) is 0 Å². The molecule has 1 aromatic rings. The van der Waals surface area contributed by atoms with Crippen LogP contribution in [0.4, 0.5) is 0 Å². The Morgan fingerprint density at radius 1 is 1.43 bits per heavy atom. The molecule has 1 aromatic heterocycles. The predicted molar refractivity (Wildman–Crippen MR) is 84.6 cm³/mol. The third-order valence-corrected chi connectivity index (χ3v) is 4.41. The summed E-state index contributed by atoms with van der Waals surface area (Å²) in [5.74, 6) is -0.0247. The van der Waals surface area contributed by atoms with Gasteiger partial charge in [0.1, 0.15) is 0 Å². The number of hydrogen-bond donors (Lipinski definition) is 2. The highest BCUT2D eigenvalue weighted by Crippen LogP contribution is 2.38. The van der Waals surface area contributed by atoms with Crippen molar-refractivity contribution in [3.63, 3.8) is 0 Å². The first-order valence-electron chi connectivity index (χ1n) is 7.86. The largest absolute Gasteiger partial charge is 0.396 e. The summed E-state index contributed by atoms with van der Waals surface area (Å²) in [5.41, 5.74) is 2.92. The van der Waals surface area contributed by atoms with Crippen molar-refractivity contribution in [1.29, 1.82) is 0 Å². The molecule has 118 valence electrons. The summed E-state index contributed by atoms with van der Waals surface area (Å²) in [5, 5.41) is 12.3. The van der Waals surface area contributed by atoms with Gasteiger partial charge in [0.2, 0.25) is 0 Å². The molecular formula is C17H28N2O2. The van der Waals surface area contributed by atoms with Gasteiger partial charge in [-0.2, -0.15) is 0 Å². The van der Waals surface area contributed by atoms with Gasteiger partial charge in [-0.15, -0.1) is 0 Å². The van der Waals surface area contributed by atoms with Crippen LogP contribution in [-0.4, -0.2) is 28.2 Å². The lowest BCUT2D eigenvalue weighted by molar-refractivity contribution is 0.0884. The fraction of sp³-hybridized carbons (Fsp3) is 0.706. The van der Waals surface area contributed by atoms with Crippen LogP contribution in [-0.2, 0) is 0 Å². The molecule has 1 heterocycles. The van der Waals surface area contributed by atoms with Crippen LogP contribution < -0.4 is 5.32 Å². The number of hydrogen-bond acceptors (Lipinski definition) is 2. The van der Waals surface area contributed by atoms with E-state index < -0.39 is 0 Å². The first-order chi connectivity index (χ1) is 9.75. The number of carbonyl (C=O) groups excluding carboxylic acids is 1. The van der Waals surface area contributed by atoms with Crippen molar-refractivity contribution in [1.82, 2.24) is 9.88 Å². The monoisotopic (exact) mass is 292 g/mol. The van der Waals surface area contributed by atoms with Crippen LogP contribution in [0.25, 0.3) is 0 Å². The van der Waals surface area contributed by atoms with Crippen LogP contribution in [0.5, 0.6) is 0 Å². The third kappa shape index (κ3) is 3.49. The van der Waals surface area contributed by atoms with Gasteiger partial charge in [0.15, 0.2) is 0 Å². The zero-order valence-electron chi connectivity index (χ0n) is 13.9. The van der Waals surface area contributed by atoms with Crippen molar-refractivity contribution in [2.45, 2.75) is 66.0 Å². The zero-order valence-corrected chi connectivity index (χ0v) is 13.9. The topological polar surface area (TPSA) is 54.3 Å². The molecule has 0 radical (unpaired) electrons. The fourth-order valence-electron chi connectivity index (χ4n) is 2.99. The van der Waals surface area contributed by atoms with Gasteiger partial charge in [-0.3, -0.25) is 4.79 Å². The molecule has 2 N–H and O–H groups in total. The summed E-state index contributed by atoms with van der Waals surface area (Å²) in [4.78, 5) is 12.6. The Morgan fingerprint density at radius 3 is 2.52 bits per heavy atom. The van der Waals surface area contributed by atoms with Gasteiger partial charge < -0.3 is 15.0 Å². The van der Waals surface area contributed by atoms with E-state index in [0.717, 1.165) is 17.0 Å². The molecular weight excluding hydrogens is 264 g/mol. The average Bonchev–Trinajstić information content (AvgIpc) is 3.14. The second-order valence-electron chi connectivity index (χ2n) is 7.29. The summed E-state index contributed by atoms with van der Waals surface area (Å²) < 4.78 is 2.28. The SMILES string of the molecule is Cc1cc(C(=O)NC(CCO)C(C)(C)C)c(C)n1C1CC1. The molecule has 1 aliphatic rings. The molecule has 4 heteroatoms. The summed E-state index contributed by atoms with van der Waals surface area (Å²) in [6, 6.07) is 2.54.